The van der Waals surface area contributed by atoms with E-state index in [1.165, 1.54) is 0 Å². The predicted molar refractivity (Wildman–Crippen MR) is 76.2 cm³/mol. The Balaban J connectivity index is 2.21. The van der Waals surface area contributed by atoms with Gasteiger partial charge in [0.2, 0.25) is 0 Å². The smallest absolute Gasteiger partial charge is 0.131 e. The van der Waals surface area contributed by atoms with Crippen molar-refractivity contribution in [3.05, 3.63) is 45.7 Å². The van der Waals surface area contributed by atoms with E-state index in [-0.39, 0.29) is 0 Å². The summed E-state index contributed by atoms with van der Waals surface area (Å²) in [5, 5.41) is 17.1. The molecule has 1 heterocycles. The van der Waals surface area contributed by atoms with Crippen molar-refractivity contribution in [1.82, 2.24) is 9.78 Å². The molecule has 5 heteroatoms. The van der Waals surface area contributed by atoms with E-state index in [0.29, 0.717) is 17.3 Å². The normalized spacial score (nSPS) is 10.3. The molecule has 1 N–H and O–H groups in total. The van der Waals surface area contributed by atoms with Crippen molar-refractivity contribution in [3.8, 4) is 6.07 Å². The molecule has 1 aromatic carbocycles. The van der Waals surface area contributed by atoms with Crippen molar-refractivity contribution < 1.29 is 0 Å². The van der Waals surface area contributed by atoms with Crippen LogP contribution in [-0.4, -0.2) is 9.78 Å². The fourth-order valence-corrected chi connectivity index (χ4v) is 2.18. The second-order valence-corrected chi connectivity index (χ2v) is 4.83. The first-order valence-corrected chi connectivity index (χ1v) is 6.33. The maximum absolute atomic E-state index is 8.92. The van der Waals surface area contributed by atoms with E-state index >= 15 is 0 Å². The zero-order valence-corrected chi connectivity index (χ0v) is 11.9. The summed E-state index contributed by atoms with van der Waals surface area (Å²) < 4.78 is 1.66. The molecule has 0 unspecified atom stereocenters. The van der Waals surface area contributed by atoms with Gasteiger partial charge in [0.15, 0.2) is 0 Å². The molecule has 0 spiro atoms. The number of benzene rings is 1. The number of nitriles is 1. The number of nitrogens with one attached hydrogen (secondary N) is 1. The first-order valence-electron chi connectivity index (χ1n) is 5.95. The standard InChI is InChI=1S/C14H15ClN4/c1-9-4-5-11(7-16)6-13(9)17-8-12-10(2)18-19(3)14(12)15/h4-6,17H,8H2,1-3H3. The van der Waals surface area contributed by atoms with Gasteiger partial charge in [-0.3, -0.25) is 4.68 Å². The average Bonchev–Trinajstić information content (AvgIpc) is 2.63. The van der Waals surface area contributed by atoms with Crippen LogP contribution in [0.25, 0.3) is 0 Å². The lowest BCUT2D eigenvalue weighted by Crippen LogP contribution is -2.02. The molecule has 4 nitrogen and oxygen atoms in total. The largest absolute Gasteiger partial charge is 0.381 e. The Labute approximate surface area is 117 Å². The molecular formula is C14H15ClN4. The van der Waals surface area contributed by atoms with Crippen molar-refractivity contribution >= 4 is 17.3 Å². The van der Waals surface area contributed by atoms with Crippen molar-refractivity contribution in [3.63, 3.8) is 0 Å². The van der Waals surface area contributed by atoms with E-state index < -0.39 is 0 Å². The van der Waals surface area contributed by atoms with Gasteiger partial charge in [-0.25, -0.2) is 0 Å². The van der Waals surface area contributed by atoms with Gasteiger partial charge < -0.3 is 5.32 Å². The monoisotopic (exact) mass is 274 g/mol. The number of nitrogens with zero attached hydrogens (tertiary/aromatic N) is 3. The maximum Gasteiger partial charge on any atom is 0.131 e. The van der Waals surface area contributed by atoms with Gasteiger partial charge in [0.25, 0.3) is 0 Å². The Bertz CT molecular complexity index is 652. The van der Waals surface area contributed by atoms with Gasteiger partial charge in [-0.2, -0.15) is 10.4 Å². The highest BCUT2D eigenvalue weighted by Gasteiger charge is 2.11. The van der Waals surface area contributed by atoms with Gasteiger partial charge >= 0.3 is 0 Å². The van der Waals surface area contributed by atoms with Crippen LogP contribution in [-0.2, 0) is 13.6 Å². The van der Waals surface area contributed by atoms with Gasteiger partial charge in [-0.1, -0.05) is 17.7 Å². The molecule has 98 valence electrons. The molecule has 0 radical (unpaired) electrons. The number of aryl methyl sites for hydroxylation is 3. The van der Waals surface area contributed by atoms with Gasteiger partial charge in [0.1, 0.15) is 5.15 Å². The van der Waals surface area contributed by atoms with Crippen LogP contribution < -0.4 is 5.32 Å². The highest BCUT2D eigenvalue weighted by molar-refractivity contribution is 6.30. The Morgan fingerprint density at radius 1 is 1.42 bits per heavy atom. The topological polar surface area (TPSA) is 53.6 Å². The molecule has 2 aromatic rings. The third-order valence-electron chi connectivity index (χ3n) is 3.09. The van der Waals surface area contributed by atoms with Crippen LogP contribution in [0.4, 0.5) is 5.69 Å². The van der Waals surface area contributed by atoms with Crippen LogP contribution in [0, 0.1) is 25.2 Å². The SMILES string of the molecule is Cc1ccc(C#N)cc1NCc1c(C)nn(C)c1Cl. The minimum atomic E-state index is 0.591. The van der Waals surface area contributed by atoms with Crippen molar-refractivity contribution in [1.29, 1.82) is 5.26 Å². The lowest BCUT2D eigenvalue weighted by molar-refractivity contribution is 0.757. The molecule has 0 atom stereocenters. The number of halogens is 1. The first-order chi connectivity index (χ1) is 9.02. The van der Waals surface area contributed by atoms with Crippen LogP contribution in [0.1, 0.15) is 22.4 Å². The molecule has 0 aliphatic heterocycles. The number of hydrogen-bond acceptors (Lipinski definition) is 3. The zero-order chi connectivity index (χ0) is 14.0. The van der Waals surface area contributed by atoms with E-state index in [1.54, 1.807) is 4.68 Å². The molecule has 0 saturated carbocycles. The van der Waals surface area contributed by atoms with Crippen LogP contribution in [0.3, 0.4) is 0 Å². The van der Waals surface area contributed by atoms with E-state index in [0.717, 1.165) is 22.5 Å². The highest BCUT2D eigenvalue weighted by Crippen LogP contribution is 2.22. The Morgan fingerprint density at radius 2 is 2.16 bits per heavy atom. The van der Waals surface area contributed by atoms with Crippen LogP contribution in [0.5, 0.6) is 0 Å². The Hall–Kier alpha value is -1.99. The molecular weight excluding hydrogens is 260 g/mol. The fraction of sp³-hybridized carbons (Fsp3) is 0.286. The minimum absolute atomic E-state index is 0.591. The summed E-state index contributed by atoms with van der Waals surface area (Å²) in [6, 6.07) is 7.72. The summed E-state index contributed by atoms with van der Waals surface area (Å²) in [7, 11) is 1.82. The molecule has 0 fully saturated rings. The van der Waals surface area contributed by atoms with Gasteiger partial charge in [0.05, 0.1) is 17.3 Å². The number of aromatic nitrogens is 2. The lowest BCUT2D eigenvalue weighted by atomic mass is 10.1. The summed E-state index contributed by atoms with van der Waals surface area (Å²) in [5.74, 6) is 0. The lowest BCUT2D eigenvalue weighted by Gasteiger charge is -2.09. The molecule has 0 amide bonds. The molecule has 0 bridgehead atoms. The molecule has 0 saturated heterocycles. The van der Waals surface area contributed by atoms with Gasteiger partial charge in [0, 0.05) is 24.8 Å². The highest BCUT2D eigenvalue weighted by atomic mass is 35.5. The first kappa shape index (κ1) is 13.4. The summed E-state index contributed by atoms with van der Waals surface area (Å²) in [6.45, 7) is 4.52. The van der Waals surface area contributed by atoms with Crippen LogP contribution in [0.15, 0.2) is 18.2 Å². The minimum Gasteiger partial charge on any atom is -0.381 e. The summed E-state index contributed by atoms with van der Waals surface area (Å²) in [5.41, 5.74) is 4.57. The Morgan fingerprint density at radius 3 is 2.74 bits per heavy atom. The predicted octanol–water partition coefficient (Wildman–Crippen LogP) is 3.17. The van der Waals surface area contributed by atoms with Crippen molar-refractivity contribution in [2.75, 3.05) is 5.32 Å². The fourth-order valence-electron chi connectivity index (χ4n) is 1.94. The van der Waals surface area contributed by atoms with E-state index in [1.807, 2.05) is 39.1 Å². The quantitative estimate of drug-likeness (QED) is 0.935. The molecule has 0 aliphatic rings. The summed E-state index contributed by atoms with van der Waals surface area (Å²) >= 11 is 6.19. The Kier molecular flexibility index (Phi) is 3.77. The van der Waals surface area contributed by atoms with Crippen molar-refractivity contribution in [2.24, 2.45) is 7.05 Å². The average molecular weight is 275 g/mol. The second-order valence-electron chi connectivity index (χ2n) is 4.47. The molecule has 1 aromatic heterocycles. The molecule has 19 heavy (non-hydrogen) atoms. The number of rotatable bonds is 3. The second kappa shape index (κ2) is 5.33. The third-order valence-corrected chi connectivity index (χ3v) is 3.56. The molecule has 0 aliphatic carbocycles. The third kappa shape index (κ3) is 2.72. The van der Waals surface area contributed by atoms with Gasteiger partial charge in [-0.05, 0) is 31.5 Å². The van der Waals surface area contributed by atoms with Gasteiger partial charge in [-0.15, -0.1) is 0 Å². The van der Waals surface area contributed by atoms with Crippen LogP contribution in [0.2, 0.25) is 5.15 Å². The summed E-state index contributed by atoms with van der Waals surface area (Å²) in [6.07, 6.45) is 0. The zero-order valence-electron chi connectivity index (χ0n) is 11.2. The van der Waals surface area contributed by atoms with E-state index in [4.69, 9.17) is 16.9 Å². The van der Waals surface area contributed by atoms with Crippen molar-refractivity contribution in [2.45, 2.75) is 20.4 Å². The summed E-state index contributed by atoms with van der Waals surface area (Å²) in [4.78, 5) is 0. The van der Waals surface area contributed by atoms with Crippen LogP contribution >= 0.6 is 11.6 Å². The van der Waals surface area contributed by atoms with E-state index in [2.05, 4.69) is 16.5 Å². The van der Waals surface area contributed by atoms with E-state index in [9.17, 15) is 0 Å². The number of hydrogen-bond donors (Lipinski definition) is 1. The maximum atomic E-state index is 8.92. The molecule has 2 rings (SSSR count). The number of anilines is 1.